The minimum Gasteiger partial charge on any atom is -0.481 e. The number of hydrogen-bond donors (Lipinski definition) is 1. The van der Waals surface area contributed by atoms with E-state index in [0.717, 1.165) is 9.87 Å². The molecular weight excluding hydrogens is 332 g/mol. The number of benzene rings is 1. The summed E-state index contributed by atoms with van der Waals surface area (Å²) < 4.78 is 0. The number of hydrazine groups is 1. The monoisotopic (exact) mass is 351 g/mol. The number of rotatable bonds is 8. The first-order valence-electron chi connectivity index (χ1n) is 7.47. The molecule has 1 aromatic rings. The zero-order valence-corrected chi connectivity index (χ0v) is 14.1. The average molecular weight is 351 g/mol. The molecule has 1 unspecified atom stereocenters. The van der Waals surface area contributed by atoms with Gasteiger partial charge in [0.2, 0.25) is 6.23 Å². The average Bonchev–Trinajstić information content (AvgIpc) is 2.85. The zero-order valence-electron chi connectivity index (χ0n) is 14.1. The van der Waals surface area contributed by atoms with Crippen LogP contribution in [-0.4, -0.2) is 64.7 Å². The van der Waals surface area contributed by atoms with Crippen molar-refractivity contribution >= 4 is 17.8 Å². The van der Waals surface area contributed by atoms with Crippen molar-refractivity contribution in [2.75, 3.05) is 20.7 Å². The number of carbonyl (C=O) groups is 3. The molecule has 1 atom stereocenters. The molecule has 0 aliphatic carbocycles. The Morgan fingerprint density at radius 2 is 1.88 bits per heavy atom. The highest BCUT2D eigenvalue weighted by Gasteiger charge is 2.40. The van der Waals surface area contributed by atoms with Crippen LogP contribution in [0.5, 0.6) is 0 Å². The lowest BCUT2D eigenvalue weighted by molar-refractivity contribution is -0.940. The van der Waals surface area contributed by atoms with E-state index in [9.17, 15) is 14.4 Å². The van der Waals surface area contributed by atoms with Crippen LogP contribution < -0.4 is 0 Å². The molecule has 25 heavy (non-hydrogen) atoms. The molecule has 0 aromatic heterocycles. The summed E-state index contributed by atoms with van der Waals surface area (Å²) in [5, 5.41) is 13.8. The third-order valence-corrected chi connectivity index (χ3v) is 3.56. The predicted octanol–water partition coefficient (Wildman–Crippen LogP) is 0.908. The first-order chi connectivity index (χ1) is 11.9. The molecule has 0 saturated carbocycles. The van der Waals surface area contributed by atoms with Gasteiger partial charge in [-0.05, 0) is 19.1 Å². The summed E-state index contributed by atoms with van der Waals surface area (Å²) in [7, 11) is 2.86. The maximum atomic E-state index is 12.3. The standard InChI is InChI=1S/C15H18N4O6/c1-10(25-16-19(24-3)17(2)9-8-13(20)21)18-14(22)11-6-4-5-7-12(11)15(18)23/h4-7,10H,8-9H2,1-3H3/p+1/b19-16-. The Kier molecular flexibility index (Phi) is 5.52. The highest BCUT2D eigenvalue weighted by atomic mass is 16.8. The first kappa shape index (κ1) is 18.2. The first-order valence-corrected chi connectivity index (χ1v) is 7.47. The maximum absolute atomic E-state index is 12.3. The quantitative estimate of drug-likeness (QED) is 0.321. The number of aliphatic carboxylic acids is 1. The van der Waals surface area contributed by atoms with Crippen molar-refractivity contribution in [2.45, 2.75) is 19.6 Å². The lowest BCUT2D eigenvalue weighted by Crippen LogP contribution is -2.40. The molecule has 1 aliphatic rings. The molecule has 0 bridgehead atoms. The minimum absolute atomic E-state index is 0.122. The summed E-state index contributed by atoms with van der Waals surface area (Å²) in [4.78, 5) is 47.3. The van der Waals surface area contributed by atoms with E-state index in [2.05, 4.69) is 5.28 Å². The summed E-state index contributed by atoms with van der Waals surface area (Å²) in [6, 6.07) is 6.49. The van der Waals surface area contributed by atoms with Crippen LogP contribution in [0, 0.1) is 0 Å². The summed E-state index contributed by atoms with van der Waals surface area (Å²) in [6.45, 7) is 1.62. The Balaban J connectivity index is 2.06. The van der Waals surface area contributed by atoms with Gasteiger partial charge in [0.15, 0.2) is 7.11 Å². The molecule has 1 aliphatic heterocycles. The number of hydrogen-bond acceptors (Lipinski definition) is 6. The van der Waals surface area contributed by atoms with Gasteiger partial charge in [-0.2, -0.15) is 0 Å². The van der Waals surface area contributed by atoms with E-state index in [4.69, 9.17) is 14.8 Å². The van der Waals surface area contributed by atoms with Crippen molar-refractivity contribution in [2.24, 2.45) is 5.28 Å². The molecule has 2 rings (SSSR count). The van der Waals surface area contributed by atoms with Gasteiger partial charge in [-0.25, -0.2) is 9.74 Å². The van der Waals surface area contributed by atoms with Crippen molar-refractivity contribution in [3.05, 3.63) is 35.4 Å². The van der Waals surface area contributed by atoms with Crippen molar-refractivity contribution < 1.29 is 34.1 Å². The fourth-order valence-electron chi connectivity index (χ4n) is 2.27. The molecule has 134 valence electrons. The number of nitrogens with zero attached hydrogens (tertiary/aromatic N) is 4. The molecular formula is C15H19N4O6+. The second-order valence-electron chi connectivity index (χ2n) is 5.27. The second kappa shape index (κ2) is 7.60. The molecule has 2 amide bonds. The molecule has 10 nitrogen and oxygen atoms in total. The molecule has 0 saturated heterocycles. The van der Waals surface area contributed by atoms with Crippen molar-refractivity contribution in [1.82, 2.24) is 9.91 Å². The Labute approximate surface area is 143 Å². The normalized spacial score (nSPS) is 15.0. The van der Waals surface area contributed by atoms with E-state index in [-0.39, 0.29) is 13.0 Å². The van der Waals surface area contributed by atoms with Crippen LogP contribution in [0.2, 0.25) is 0 Å². The van der Waals surface area contributed by atoms with Gasteiger partial charge in [-0.1, -0.05) is 12.1 Å². The van der Waals surface area contributed by atoms with Gasteiger partial charge in [0.1, 0.15) is 0 Å². The molecule has 1 N–H and O–H groups in total. The van der Waals surface area contributed by atoms with Crippen LogP contribution in [0.25, 0.3) is 0 Å². The number of imide groups is 1. The summed E-state index contributed by atoms with van der Waals surface area (Å²) in [6.07, 6.45) is -1.10. The third-order valence-electron chi connectivity index (χ3n) is 3.56. The Morgan fingerprint density at radius 3 is 2.36 bits per heavy atom. The summed E-state index contributed by atoms with van der Waals surface area (Å²) in [5.74, 6) is -1.90. The number of amides is 2. The van der Waals surface area contributed by atoms with Crippen LogP contribution in [-0.2, 0) is 14.5 Å². The third kappa shape index (κ3) is 3.84. The summed E-state index contributed by atoms with van der Waals surface area (Å²) in [5.41, 5.74) is 0.621. The largest absolute Gasteiger partial charge is 0.481 e. The Bertz CT molecular complexity index is 685. The van der Waals surface area contributed by atoms with Gasteiger partial charge >= 0.3 is 5.97 Å². The topological polar surface area (TPSA) is 112 Å². The van der Waals surface area contributed by atoms with Crippen molar-refractivity contribution in [3.8, 4) is 0 Å². The highest BCUT2D eigenvalue weighted by molar-refractivity contribution is 6.21. The van der Waals surface area contributed by atoms with E-state index in [1.54, 1.807) is 31.3 Å². The van der Waals surface area contributed by atoms with E-state index in [0.29, 0.717) is 11.1 Å². The van der Waals surface area contributed by atoms with Crippen LogP contribution >= 0.6 is 0 Å². The Morgan fingerprint density at radius 1 is 1.32 bits per heavy atom. The SMILES string of the molecule is CO/[N+](=N\OC(C)N1C(=O)c2ccccc2C1=O)N(C)CCC(=O)O. The lowest BCUT2D eigenvalue weighted by atomic mass is 10.1. The molecule has 10 heteroatoms. The molecule has 0 radical (unpaired) electrons. The van der Waals surface area contributed by atoms with Gasteiger partial charge in [0.25, 0.3) is 22.1 Å². The molecule has 0 fully saturated rings. The van der Waals surface area contributed by atoms with Gasteiger partial charge in [0.05, 0.1) is 31.1 Å². The van der Waals surface area contributed by atoms with Gasteiger partial charge in [-0.3, -0.25) is 14.4 Å². The number of carbonyl (C=O) groups excluding carboxylic acids is 2. The van der Waals surface area contributed by atoms with Crippen molar-refractivity contribution in [1.29, 1.82) is 0 Å². The second-order valence-corrected chi connectivity index (χ2v) is 5.27. The van der Waals surface area contributed by atoms with Gasteiger partial charge < -0.3 is 9.94 Å². The zero-order chi connectivity index (χ0) is 18.6. The molecule has 1 aromatic carbocycles. The predicted molar refractivity (Wildman–Crippen MR) is 82.1 cm³/mol. The highest BCUT2D eigenvalue weighted by Crippen LogP contribution is 2.24. The smallest absolute Gasteiger partial charge is 0.305 e. The van der Waals surface area contributed by atoms with Crippen LogP contribution in [0.3, 0.4) is 0 Å². The molecule has 0 spiro atoms. The van der Waals surface area contributed by atoms with Crippen LogP contribution in [0.15, 0.2) is 29.5 Å². The van der Waals surface area contributed by atoms with E-state index in [1.807, 2.05) is 0 Å². The molecule has 1 heterocycles. The van der Waals surface area contributed by atoms with Crippen molar-refractivity contribution in [3.63, 3.8) is 0 Å². The maximum Gasteiger partial charge on any atom is 0.305 e. The Hall–Kier alpha value is -3.17. The van der Waals surface area contributed by atoms with Crippen LogP contribution in [0.4, 0.5) is 0 Å². The van der Waals surface area contributed by atoms with Crippen LogP contribution in [0.1, 0.15) is 34.1 Å². The lowest BCUT2D eigenvalue weighted by Gasteiger charge is -2.18. The number of fused-ring (bicyclic) bond motifs is 1. The number of carboxylic acids is 1. The minimum atomic E-state index is -0.974. The van der Waals surface area contributed by atoms with E-state index in [1.165, 1.54) is 19.0 Å². The summed E-state index contributed by atoms with van der Waals surface area (Å²) >= 11 is 0. The van der Waals surface area contributed by atoms with E-state index < -0.39 is 24.0 Å². The van der Waals surface area contributed by atoms with Gasteiger partial charge in [0, 0.05) is 0 Å². The fourth-order valence-corrected chi connectivity index (χ4v) is 2.27. The fraction of sp³-hybridized carbons (Fsp3) is 0.400. The van der Waals surface area contributed by atoms with E-state index >= 15 is 0 Å². The van der Waals surface area contributed by atoms with Gasteiger partial charge in [-0.15, -0.1) is 5.01 Å². The number of carboxylic acid groups (broad SMARTS) is 1.